The van der Waals surface area contributed by atoms with Crippen molar-refractivity contribution in [3.63, 3.8) is 0 Å². The summed E-state index contributed by atoms with van der Waals surface area (Å²) in [4.78, 5) is 0. The highest BCUT2D eigenvalue weighted by Crippen LogP contribution is 2.37. The van der Waals surface area contributed by atoms with E-state index in [2.05, 4.69) is 76.1 Å². The summed E-state index contributed by atoms with van der Waals surface area (Å²) in [5, 5.41) is 0.275. The zero-order chi connectivity index (χ0) is 30.7. The molecule has 0 bridgehead atoms. The Hall–Kier alpha value is -0.443. The van der Waals surface area contributed by atoms with Crippen LogP contribution in [0.1, 0.15) is 103 Å². The lowest BCUT2D eigenvalue weighted by Crippen LogP contribution is -2.40. The van der Waals surface area contributed by atoms with Crippen LogP contribution in [0.4, 0.5) is 0 Å². The molecule has 242 valence electrons. The molecule has 4 nitrogen and oxygen atoms in total. The summed E-state index contributed by atoms with van der Waals surface area (Å²) >= 11 is 4.34. The SMILES string of the molecule is C=CCOC(CCCCCCO[Si](C)(C)C(C)(C)C)[C@H](CCCCCCC1SCCCS1)OCc1ccc(OC)cc1. The first-order valence-electron chi connectivity index (χ1n) is 16.5. The summed E-state index contributed by atoms with van der Waals surface area (Å²) in [7, 11) is 0.0562. The third kappa shape index (κ3) is 15.5. The van der Waals surface area contributed by atoms with Crippen LogP contribution in [-0.4, -0.2) is 56.9 Å². The first-order chi connectivity index (χ1) is 20.2. The van der Waals surface area contributed by atoms with Crippen molar-refractivity contribution in [2.24, 2.45) is 0 Å². The fourth-order valence-corrected chi connectivity index (χ4v) is 8.98. The molecule has 0 N–H and O–H groups in total. The van der Waals surface area contributed by atoms with Gasteiger partial charge in [-0.15, -0.1) is 30.1 Å². The number of methoxy groups -OCH3 is 1. The van der Waals surface area contributed by atoms with Crippen LogP contribution in [0.25, 0.3) is 0 Å². The van der Waals surface area contributed by atoms with Crippen LogP contribution in [0.3, 0.4) is 0 Å². The molecule has 0 spiro atoms. The smallest absolute Gasteiger partial charge is 0.191 e. The van der Waals surface area contributed by atoms with E-state index < -0.39 is 8.32 Å². The maximum Gasteiger partial charge on any atom is 0.191 e. The summed E-state index contributed by atoms with van der Waals surface area (Å²) in [6.07, 6.45) is 16.7. The molecule has 7 heteroatoms. The second-order valence-electron chi connectivity index (χ2n) is 13.2. The molecule has 1 aliphatic heterocycles. The molecule has 1 aromatic rings. The molecule has 0 aromatic heterocycles. The van der Waals surface area contributed by atoms with Crippen LogP contribution in [-0.2, 0) is 20.5 Å². The van der Waals surface area contributed by atoms with E-state index in [1.807, 2.05) is 18.2 Å². The molecular formula is C35H62O4S2Si. The number of unbranched alkanes of at least 4 members (excludes halogenated alkanes) is 6. The second kappa shape index (κ2) is 21.3. The van der Waals surface area contributed by atoms with E-state index in [1.54, 1.807) is 7.11 Å². The molecule has 0 aliphatic carbocycles. The predicted octanol–water partition coefficient (Wildman–Crippen LogP) is 10.7. The minimum atomic E-state index is -1.65. The van der Waals surface area contributed by atoms with Crippen molar-refractivity contribution in [1.29, 1.82) is 0 Å². The van der Waals surface area contributed by atoms with Crippen LogP contribution >= 0.6 is 23.5 Å². The van der Waals surface area contributed by atoms with Crippen molar-refractivity contribution < 1.29 is 18.6 Å². The number of ether oxygens (including phenoxy) is 3. The van der Waals surface area contributed by atoms with Gasteiger partial charge >= 0.3 is 0 Å². The molecule has 0 amide bonds. The standard InChI is InChI=1S/C35H62O4S2Si/c1-8-25-37-32(18-14-11-12-16-26-39-42(6,7)35(2,3)4)33(38-29-30-21-23-31(36-5)24-22-30)19-13-9-10-15-20-34-40-27-17-28-41-34/h8,21-24,32-34H,1,9-20,25-29H2,2-7H3/t32?,33-/m0/s1. The van der Waals surface area contributed by atoms with Gasteiger partial charge in [-0.2, -0.15) is 0 Å². The molecule has 2 rings (SSSR count). The topological polar surface area (TPSA) is 36.9 Å². The average molecular weight is 639 g/mol. The van der Waals surface area contributed by atoms with Gasteiger partial charge in [0.25, 0.3) is 0 Å². The molecule has 42 heavy (non-hydrogen) atoms. The zero-order valence-corrected chi connectivity index (χ0v) is 30.4. The maximum absolute atomic E-state index is 6.61. The number of benzene rings is 1. The monoisotopic (exact) mass is 638 g/mol. The van der Waals surface area contributed by atoms with Crippen molar-refractivity contribution in [2.75, 3.05) is 31.8 Å². The van der Waals surface area contributed by atoms with Crippen LogP contribution in [0.5, 0.6) is 5.75 Å². The predicted molar refractivity (Wildman–Crippen MR) is 189 cm³/mol. The van der Waals surface area contributed by atoms with Crippen molar-refractivity contribution in [2.45, 2.75) is 139 Å². The zero-order valence-electron chi connectivity index (χ0n) is 27.8. The van der Waals surface area contributed by atoms with E-state index >= 15 is 0 Å². The molecule has 1 fully saturated rings. The molecular weight excluding hydrogens is 577 g/mol. The van der Waals surface area contributed by atoms with E-state index in [-0.39, 0.29) is 17.2 Å². The van der Waals surface area contributed by atoms with E-state index in [4.69, 9.17) is 18.6 Å². The van der Waals surface area contributed by atoms with Gasteiger partial charge in [-0.1, -0.05) is 83.9 Å². The third-order valence-corrected chi connectivity index (χ3v) is 16.3. The average Bonchev–Trinajstić information content (AvgIpc) is 2.97. The van der Waals surface area contributed by atoms with Gasteiger partial charge in [-0.05, 0) is 79.4 Å². The minimum absolute atomic E-state index is 0.0958. The molecule has 1 heterocycles. The van der Waals surface area contributed by atoms with Gasteiger partial charge in [0.05, 0.1) is 37.1 Å². The largest absolute Gasteiger partial charge is 0.497 e. The Morgan fingerprint density at radius 1 is 0.881 bits per heavy atom. The maximum atomic E-state index is 6.61. The Morgan fingerprint density at radius 3 is 2.07 bits per heavy atom. The van der Waals surface area contributed by atoms with Gasteiger partial charge in [-0.3, -0.25) is 0 Å². The van der Waals surface area contributed by atoms with Crippen molar-refractivity contribution >= 4 is 31.8 Å². The molecule has 1 aliphatic rings. The van der Waals surface area contributed by atoms with Gasteiger partial charge in [0, 0.05) is 6.61 Å². The van der Waals surface area contributed by atoms with Crippen molar-refractivity contribution in [1.82, 2.24) is 0 Å². The van der Waals surface area contributed by atoms with Crippen molar-refractivity contribution in [3.05, 3.63) is 42.5 Å². The van der Waals surface area contributed by atoms with Gasteiger partial charge in [0.2, 0.25) is 0 Å². The Bertz CT molecular complexity index is 821. The molecule has 0 saturated carbocycles. The normalized spacial score (nSPS) is 16.3. The summed E-state index contributed by atoms with van der Waals surface area (Å²) < 4.78 is 25.5. The number of hydrogen-bond acceptors (Lipinski definition) is 6. The van der Waals surface area contributed by atoms with E-state index in [1.165, 1.54) is 68.4 Å². The third-order valence-electron chi connectivity index (χ3n) is 8.69. The lowest BCUT2D eigenvalue weighted by Gasteiger charge is -2.36. The van der Waals surface area contributed by atoms with Gasteiger partial charge in [0.15, 0.2) is 8.32 Å². The fourth-order valence-electron chi connectivity index (χ4n) is 4.93. The van der Waals surface area contributed by atoms with E-state index in [0.29, 0.717) is 13.2 Å². The van der Waals surface area contributed by atoms with Crippen molar-refractivity contribution in [3.8, 4) is 5.75 Å². The quantitative estimate of drug-likeness (QED) is 0.0674. The van der Waals surface area contributed by atoms with Crippen LogP contribution in [0, 0.1) is 0 Å². The van der Waals surface area contributed by atoms with E-state index in [0.717, 1.165) is 42.6 Å². The Labute approximate surface area is 269 Å². The number of hydrogen-bond donors (Lipinski definition) is 0. The van der Waals surface area contributed by atoms with Crippen LogP contribution in [0.15, 0.2) is 36.9 Å². The van der Waals surface area contributed by atoms with Gasteiger partial charge in [-0.25, -0.2) is 0 Å². The lowest BCUT2D eigenvalue weighted by molar-refractivity contribution is -0.0806. The molecule has 1 unspecified atom stereocenters. The summed E-state index contributed by atoms with van der Waals surface area (Å²) in [5.41, 5.74) is 1.17. The lowest BCUT2D eigenvalue weighted by atomic mass is 9.99. The Kier molecular flexibility index (Phi) is 19.2. The van der Waals surface area contributed by atoms with Crippen LogP contribution < -0.4 is 4.74 Å². The number of thioether (sulfide) groups is 2. The highest BCUT2D eigenvalue weighted by atomic mass is 32.2. The fraction of sp³-hybridized carbons (Fsp3) is 0.771. The molecule has 1 aromatic carbocycles. The molecule has 0 radical (unpaired) electrons. The van der Waals surface area contributed by atoms with Gasteiger partial charge in [0.1, 0.15) is 5.75 Å². The number of rotatable bonds is 23. The Balaban J connectivity index is 1.83. The first-order valence-corrected chi connectivity index (χ1v) is 21.5. The molecule has 2 atom stereocenters. The van der Waals surface area contributed by atoms with E-state index in [9.17, 15) is 0 Å². The van der Waals surface area contributed by atoms with Gasteiger partial charge < -0.3 is 18.6 Å². The van der Waals surface area contributed by atoms with Crippen LogP contribution in [0.2, 0.25) is 18.1 Å². The summed E-state index contributed by atoms with van der Waals surface area (Å²) in [5.74, 6) is 3.57. The Morgan fingerprint density at radius 2 is 1.48 bits per heavy atom. The highest BCUT2D eigenvalue weighted by molar-refractivity contribution is 8.17. The second-order valence-corrected chi connectivity index (χ2v) is 20.9. The molecule has 1 saturated heterocycles. The first kappa shape index (κ1) is 37.7. The summed E-state index contributed by atoms with van der Waals surface area (Å²) in [6.45, 7) is 17.6. The highest BCUT2D eigenvalue weighted by Gasteiger charge is 2.36. The summed E-state index contributed by atoms with van der Waals surface area (Å²) in [6, 6.07) is 8.22. The minimum Gasteiger partial charge on any atom is -0.497 e.